The average Bonchev–Trinajstić information content (AvgIpc) is 2.14. The molecule has 1 heterocycles. The van der Waals surface area contributed by atoms with E-state index in [-0.39, 0.29) is 12.2 Å². The molecule has 0 unspecified atom stereocenters. The summed E-state index contributed by atoms with van der Waals surface area (Å²) < 4.78 is 0. The maximum atomic E-state index is 11.2. The minimum atomic E-state index is -0.824. The summed E-state index contributed by atoms with van der Waals surface area (Å²) in [5.74, 6) is -0.664. The summed E-state index contributed by atoms with van der Waals surface area (Å²) >= 11 is 0. The average molecular weight is 196 g/mol. The quantitative estimate of drug-likeness (QED) is 0.504. The number of aromatic nitrogens is 3. The molecule has 1 aromatic rings. The van der Waals surface area contributed by atoms with Crippen LogP contribution in [0.15, 0.2) is 22.2 Å². The van der Waals surface area contributed by atoms with Crippen molar-refractivity contribution >= 4 is 5.91 Å². The lowest BCUT2D eigenvalue weighted by Gasteiger charge is -1.98. The summed E-state index contributed by atoms with van der Waals surface area (Å²) in [6.45, 7) is 3.61. The van der Waals surface area contributed by atoms with E-state index in [1.54, 1.807) is 0 Å². The number of carbonyl (C=O) groups excluding carboxylic acids is 1. The molecule has 0 fully saturated rings. The van der Waals surface area contributed by atoms with E-state index in [0.29, 0.717) is 0 Å². The normalized spacial score (nSPS) is 9.43. The van der Waals surface area contributed by atoms with Gasteiger partial charge in [0.05, 0.1) is 0 Å². The lowest BCUT2D eigenvalue weighted by atomic mass is 10.4. The second kappa shape index (κ2) is 4.17. The highest BCUT2D eigenvalue weighted by Gasteiger charge is 2.11. The second-order valence-corrected chi connectivity index (χ2v) is 2.35. The third-order valence-corrected chi connectivity index (χ3v) is 1.33. The lowest BCUT2D eigenvalue weighted by molar-refractivity contribution is 0.0950. The molecule has 0 spiro atoms. The van der Waals surface area contributed by atoms with Crippen LogP contribution < -0.4 is 16.6 Å². The monoisotopic (exact) mass is 196 g/mol. The topological polar surface area (TPSA) is 108 Å². The fourth-order valence-electron chi connectivity index (χ4n) is 0.750. The first kappa shape index (κ1) is 9.90. The van der Waals surface area contributed by atoms with E-state index >= 15 is 0 Å². The number of hydrogen-bond donors (Lipinski definition) is 3. The van der Waals surface area contributed by atoms with Crippen LogP contribution in [0.5, 0.6) is 0 Å². The van der Waals surface area contributed by atoms with Crippen LogP contribution in [0.2, 0.25) is 0 Å². The zero-order chi connectivity index (χ0) is 10.6. The fraction of sp³-hybridized carbons (Fsp3) is 0.143. The molecule has 0 saturated heterocycles. The molecule has 0 aliphatic heterocycles. The fourth-order valence-corrected chi connectivity index (χ4v) is 0.750. The molecule has 0 aromatic carbocycles. The van der Waals surface area contributed by atoms with Gasteiger partial charge < -0.3 is 5.32 Å². The maximum Gasteiger partial charge on any atom is 0.342 e. The summed E-state index contributed by atoms with van der Waals surface area (Å²) in [5.41, 5.74) is -1.96. The van der Waals surface area contributed by atoms with Gasteiger partial charge in [-0.2, -0.15) is 5.10 Å². The summed E-state index contributed by atoms with van der Waals surface area (Å²) in [6.07, 6.45) is 1.46. The molecule has 0 bridgehead atoms. The summed E-state index contributed by atoms with van der Waals surface area (Å²) in [6, 6.07) is 0. The standard InChI is InChI=1S/C7H8N4O3/c1-2-3-8-5(12)4-6(13)9-7(14)11-10-4/h2H,1,3H2,(H,8,12)(H2,9,11,13,14). The lowest BCUT2D eigenvalue weighted by Crippen LogP contribution is -2.35. The zero-order valence-electron chi connectivity index (χ0n) is 7.16. The molecule has 14 heavy (non-hydrogen) atoms. The number of amides is 1. The first-order chi connectivity index (χ1) is 6.65. The molecular weight excluding hydrogens is 188 g/mol. The van der Waals surface area contributed by atoms with Crippen LogP contribution in [-0.4, -0.2) is 27.6 Å². The SMILES string of the molecule is C=CCNC(=O)c1n[nH]c(=O)[nH]c1=O. The number of rotatable bonds is 3. The van der Waals surface area contributed by atoms with Gasteiger partial charge in [0.25, 0.3) is 11.5 Å². The van der Waals surface area contributed by atoms with Gasteiger partial charge in [0, 0.05) is 6.54 Å². The van der Waals surface area contributed by atoms with Crippen molar-refractivity contribution in [2.45, 2.75) is 0 Å². The summed E-state index contributed by atoms with van der Waals surface area (Å²) in [5, 5.41) is 7.60. The van der Waals surface area contributed by atoms with Crippen LogP contribution in [0, 0.1) is 0 Å². The van der Waals surface area contributed by atoms with Gasteiger partial charge in [-0.05, 0) is 0 Å². The molecule has 1 amide bonds. The number of hydrogen-bond acceptors (Lipinski definition) is 4. The highest BCUT2D eigenvalue weighted by Crippen LogP contribution is 1.78. The van der Waals surface area contributed by atoms with Crippen molar-refractivity contribution in [2.75, 3.05) is 6.54 Å². The van der Waals surface area contributed by atoms with Crippen LogP contribution in [0.3, 0.4) is 0 Å². The van der Waals surface area contributed by atoms with Gasteiger partial charge in [0.1, 0.15) is 0 Å². The van der Waals surface area contributed by atoms with Gasteiger partial charge in [-0.1, -0.05) is 6.08 Å². The van der Waals surface area contributed by atoms with E-state index in [2.05, 4.69) is 17.0 Å². The molecule has 0 atom stereocenters. The van der Waals surface area contributed by atoms with Crippen molar-refractivity contribution in [3.8, 4) is 0 Å². The second-order valence-electron chi connectivity index (χ2n) is 2.35. The third kappa shape index (κ3) is 2.16. The number of nitrogens with one attached hydrogen (secondary N) is 3. The Bertz CT molecular complexity index is 458. The Morgan fingerprint density at radius 3 is 2.86 bits per heavy atom. The Morgan fingerprint density at radius 1 is 1.57 bits per heavy atom. The van der Waals surface area contributed by atoms with Gasteiger partial charge in [0.2, 0.25) is 5.69 Å². The largest absolute Gasteiger partial charge is 0.347 e. The van der Waals surface area contributed by atoms with Crippen LogP contribution >= 0.6 is 0 Å². The Labute approximate surface area is 77.9 Å². The Hall–Kier alpha value is -2.18. The molecule has 7 heteroatoms. The summed E-state index contributed by atoms with van der Waals surface area (Å²) in [7, 11) is 0. The number of H-pyrrole nitrogens is 2. The van der Waals surface area contributed by atoms with E-state index in [1.165, 1.54) is 6.08 Å². The first-order valence-electron chi connectivity index (χ1n) is 3.73. The maximum absolute atomic E-state index is 11.2. The van der Waals surface area contributed by atoms with Crippen LogP contribution in [-0.2, 0) is 0 Å². The minimum absolute atomic E-state index is 0.221. The number of aromatic amines is 2. The van der Waals surface area contributed by atoms with E-state index in [4.69, 9.17) is 0 Å². The predicted molar refractivity (Wildman–Crippen MR) is 48.0 cm³/mol. The van der Waals surface area contributed by atoms with Crippen molar-refractivity contribution in [1.82, 2.24) is 20.5 Å². The van der Waals surface area contributed by atoms with E-state index in [9.17, 15) is 14.4 Å². The summed E-state index contributed by atoms with van der Waals surface area (Å²) in [4.78, 5) is 34.6. The highest BCUT2D eigenvalue weighted by molar-refractivity contribution is 5.91. The molecule has 1 aromatic heterocycles. The van der Waals surface area contributed by atoms with Gasteiger partial charge in [-0.15, -0.1) is 6.58 Å². The molecule has 1 rings (SSSR count). The Kier molecular flexibility index (Phi) is 2.95. The minimum Gasteiger partial charge on any atom is -0.347 e. The molecule has 0 aliphatic carbocycles. The first-order valence-corrected chi connectivity index (χ1v) is 3.73. The molecule has 0 aliphatic rings. The van der Waals surface area contributed by atoms with Gasteiger partial charge in [0.15, 0.2) is 0 Å². The molecular formula is C7H8N4O3. The van der Waals surface area contributed by atoms with Gasteiger partial charge >= 0.3 is 5.69 Å². The number of carbonyl (C=O) groups is 1. The van der Waals surface area contributed by atoms with Crippen molar-refractivity contribution < 1.29 is 4.79 Å². The Balaban J connectivity index is 2.96. The van der Waals surface area contributed by atoms with Crippen LogP contribution in [0.1, 0.15) is 10.5 Å². The van der Waals surface area contributed by atoms with Crippen LogP contribution in [0.4, 0.5) is 0 Å². The van der Waals surface area contributed by atoms with E-state index in [1.807, 2.05) is 10.1 Å². The molecule has 7 nitrogen and oxygen atoms in total. The van der Waals surface area contributed by atoms with Gasteiger partial charge in [-0.3, -0.25) is 14.6 Å². The highest BCUT2D eigenvalue weighted by atomic mass is 16.2. The van der Waals surface area contributed by atoms with Crippen LogP contribution in [0.25, 0.3) is 0 Å². The smallest absolute Gasteiger partial charge is 0.342 e. The van der Waals surface area contributed by atoms with Crippen molar-refractivity contribution in [2.24, 2.45) is 0 Å². The molecule has 0 saturated carbocycles. The number of nitrogens with zero attached hydrogens (tertiary/aromatic N) is 1. The van der Waals surface area contributed by atoms with Gasteiger partial charge in [-0.25, -0.2) is 9.89 Å². The van der Waals surface area contributed by atoms with E-state index < -0.39 is 17.2 Å². The molecule has 3 N–H and O–H groups in total. The molecule has 0 radical (unpaired) electrons. The van der Waals surface area contributed by atoms with E-state index in [0.717, 1.165) is 0 Å². The Morgan fingerprint density at radius 2 is 2.29 bits per heavy atom. The van der Waals surface area contributed by atoms with Crippen molar-refractivity contribution in [3.05, 3.63) is 39.2 Å². The van der Waals surface area contributed by atoms with Crippen molar-refractivity contribution in [3.63, 3.8) is 0 Å². The molecule has 74 valence electrons. The third-order valence-electron chi connectivity index (χ3n) is 1.33. The predicted octanol–water partition coefficient (Wildman–Crippen LogP) is -1.63. The van der Waals surface area contributed by atoms with Crippen molar-refractivity contribution in [1.29, 1.82) is 0 Å². The zero-order valence-corrected chi connectivity index (χ0v) is 7.16.